The number of nitrogens with zero attached hydrogens (tertiary/aromatic N) is 4. The molecule has 0 N–H and O–H groups in total. The molecule has 1 rings (SSSR count). The monoisotopic (exact) mass is 254 g/mol. The number of Topliss-reactive ketones (excluding diaryl/α,β-unsaturated/α-hetero) is 1. The summed E-state index contributed by atoms with van der Waals surface area (Å²) in [6.45, 7) is 0. The van der Waals surface area contributed by atoms with E-state index in [9.17, 15) is 4.79 Å². The van der Waals surface area contributed by atoms with Gasteiger partial charge in [-0.25, -0.2) is 0 Å². The number of rotatable bonds is 4. The van der Waals surface area contributed by atoms with Gasteiger partial charge in [-0.05, 0) is 25.7 Å². The molecule has 0 aromatic heterocycles. The Kier molecular flexibility index (Phi) is 5.53. The molecule has 5 nitrogen and oxygen atoms in total. The van der Waals surface area contributed by atoms with Crippen LogP contribution in [-0.4, -0.2) is 5.78 Å². The van der Waals surface area contributed by atoms with E-state index in [-0.39, 0.29) is 30.5 Å². The lowest BCUT2D eigenvalue weighted by Gasteiger charge is -2.28. The Morgan fingerprint density at radius 3 is 1.58 bits per heavy atom. The van der Waals surface area contributed by atoms with Crippen molar-refractivity contribution in [3.05, 3.63) is 0 Å². The van der Waals surface area contributed by atoms with Gasteiger partial charge in [0.15, 0.2) is 0 Å². The molecule has 0 bridgehead atoms. The first-order valence-electron chi connectivity index (χ1n) is 6.28. The number of hydrogen-bond acceptors (Lipinski definition) is 5. The van der Waals surface area contributed by atoms with E-state index in [1.54, 1.807) is 0 Å². The van der Waals surface area contributed by atoms with E-state index in [1.165, 1.54) is 0 Å². The van der Waals surface area contributed by atoms with Gasteiger partial charge in [0.2, 0.25) is 0 Å². The minimum Gasteiger partial charge on any atom is -0.299 e. The Bertz CT molecular complexity index is 427. The van der Waals surface area contributed by atoms with Crippen molar-refractivity contribution in [1.29, 1.82) is 21.0 Å². The maximum Gasteiger partial charge on any atom is 0.139 e. The summed E-state index contributed by atoms with van der Waals surface area (Å²) in [6, 6.07) is 7.52. The quantitative estimate of drug-likeness (QED) is 0.762. The van der Waals surface area contributed by atoms with E-state index in [4.69, 9.17) is 21.0 Å². The van der Waals surface area contributed by atoms with E-state index in [1.807, 2.05) is 24.3 Å². The Morgan fingerprint density at radius 1 is 0.895 bits per heavy atom. The van der Waals surface area contributed by atoms with Crippen LogP contribution in [0.4, 0.5) is 0 Å². The maximum atomic E-state index is 12.2. The topological polar surface area (TPSA) is 112 Å². The summed E-state index contributed by atoms with van der Waals surface area (Å²) in [7, 11) is 0. The summed E-state index contributed by atoms with van der Waals surface area (Å²) in [5.41, 5.74) is 0. The van der Waals surface area contributed by atoms with E-state index in [0.29, 0.717) is 12.8 Å². The summed E-state index contributed by atoms with van der Waals surface area (Å²) in [4.78, 5) is 12.2. The average molecular weight is 254 g/mol. The molecule has 1 saturated carbocycles. The molecular formula is C14H14N4O. The fraction of sp³-hybridized carbons (Fsp3) is 0.643. The first kappa shape index (κ1) is 14.7. The summed E-state index contributed by atoms with van der Waals surface area (Å²) in [5.74, 6) is -2.05. The lowest BCUT2D eigenvalue weighted by molar-refractivity contribution is -0.129. The van der Waals surface area contributed by atoms with Crippen LogP contribution in [0.25, 0.3) is 0 Å². The third-order valence-electron chi connectivity index (χ3n) is 3.57. The molecule has 0 aromatic carbocycles. The molecule has 0 radical (unpaired) electrons. The summed E-state index contributed by atoms with van der Waals surface area (Å²) >= 11 is 0. The van der Waals surface area contributed by atoms with E-state index in [0.717, 1.165) is 6.42 Å². The summed E-state index contributed by atoms with van der Waals surface area (Å²) in [6.07, 6.45) is 2.77. The SMILES string of the molecule is N#CC(C#N)C[C@H]1CCC[C@@H](CC(C#N)C#N)C1=O. The van der Waals surface area contributed by atoms with Gasteiger partial charge in [0.1, 0.15) is 17.6 Å². The van der Waals surface area contributed by atoms with Crippen LogP contribution in [0.1, 0.15) is 32.1 Å². The molecule has 5 heteroatoms. The highest BCUT2D eigenvalue weighted by molar-refractivity contribution is 5.84. The zero-order chi connectivity index (χ0) is 14.3. The molecule has 96 valence electrons. The molecule has 1 fully saturated rings. The molecular weight excluding hydrogens is 240 g/mol. The Hall–Kier alpha value is -2.37. The predicted molar refractivity (Wildman–Crippen MR) is 64.5 cm³/mol. The van der Waals surface area contributed by atoms with E-state index < -0.39 is 11.8 Å². The predicted octanol–water partition coefficient (Wildman–Crippen LogP) is 2.08. The number of carbonyl (C=O) groups excluding carboxylic acids is 1. The van der Waals surface area contributed by atoms with Gasteiger partial charge in [-0.15, -0.1) is 0 Å². The molecule has 0 aliphatic heterocycles. The Labute approximate surface area is 112 Å². The molecule has 0 amide bonds. The minimum absolute atomic E-state index is 0.0113. The number of nitriles is 4. The van der Waals surface area contributed by atoms with Crippen molar-refractivity contribution in [2.75, 3.05) is 0 Å². The van der Waals surface area contributed by atoms with E-state index in [2.05, 4.69) is 0 Å². The highest BCUT2D eigenvalue weighted by Gasteiger charge is 2.34. The smallest absolute Gasteiger partial charge is 0.139 e. The number of carbonyl (C=O) groups is 1. The molecule has 0 unspecified atom stereocenters. The second-order valence-electron chi connectivity index (χ2n) is 4.82. The first-order valence-corrected chi connectivity index (χ1v) is 6.28. The van der Waals surface area contributed by atoms with Crippen LogP contribution in [0, 0.1) is 69.0 Å². The second-order valence-corrected chi connectivity index (χ2v) is 4.82. The third-order valence-corrected chi connectivity index (χ3v) is 3.57. The fourth-order valence-corrected chi connectivity index (χ4v) is 2.53. The van der Waals surface area contributed by atoms with Gasteiger partial charge < -0.3 is 0 Å². The minimum atomic E-state index is -0.754. The van der Waals surface area contributed by atoms with Gasteiger partial charge in [0.05, 0.1) is 24.3 Å². The molecule has 0 heterocycles. The second kappa shape index (κ2) is 7.15. The lowest BCUT2D eigenvalue weighted by atomic mass is 9.74. The van der Waals surface area contributed by atoms with Gasteiger partial charge >= 0.3 is 0 Å². The molecule has 1 aliphatic carbocycles. The number of hydrogen-bond donors (Lipinski definition) is 0. The van der Waals surface area contributed by atoms with Crippen LogP contribution in [0.15, 0.2) is 0 Å². The van der Waals surface area contributed by atoms with Crippen LogP contribution in [-0.2, 0) is 4.79 Å². The van der Waals surface area contributed by atoms with E-state index >= 15 is 0 Å². The van der Waals surface area contributed by atoms with Gasteiger partial charge in [-0.1, -0.05) is 6.42 Å². The Morgan fingerprint density at radius 2 is 1.26 bits per heavy atom. The molecule has 1 aliphatic rings. The zero-order valence-corrected chi connectivity index (χ0v) is 10.5. The fourth-order valence-electron chi connectivity index (χ4n) is 2.53. The van der Waals surface area contributed by atoms with Gasteiger partial charge in [0.25, 0.3) is 0 Å². The van der Waals surface area contributed by atoms with Gasteiger partial charge in [-0.3, -0.25) is 4.79 Å². The van der Waals surface area contributed by atoms with Crippen molar-refractivity contribution in [3.8, 4) is 24.3 Å². The normalized spacial score (nSPS) is 22.3. The van der Waals surface area contributed by atoms with Crippen molar-refractivity contribution >= 4 is 5.78 Å². The zero-order valence-electron chi connectivity index (χ0n) is 10.5. The first-order chi connectivity index (χ1) is 9.15. The van der Waals surface area contributed by atoms with Crippen LogP contribution >= 0.6 is 0 Å². The molecule has 19 heavy (non-hydrogen) atoms. The van der Waals surface area contributed by atoms with Crippen molar-refractivity contribution in [2.24, 2.45) is 23.7 Å². The average Bonchev–Trinajstić information content (AvgIpc) is 2.45. The van der Waals surface area contributed by atoms with Crippen molar-refractivity contribution in [3.63, 3.8) is 0 Å². The largest absolute Gasteiger partial charge is 0.299 e. The molecule has 2 atom stereocenters. The third kappa shape index (κ3) is 3.80. The lowest BCUT2D eigenvalue weighted by Crippen LogP contribution is -2.30. The highest BCUT2D eigenvalue weighted by atomic mass is 16.1. The summed E-state index contributed by atoms with van der Waals surface area (Å²) in [5, 5.41) is 35.0. The summed E-state index contributed by atoms with van der Waals surface area (Å²) < 4.78 is 0. The van der Waals surface area contributed by atoms with Crippen molar-refractivity contribution in [2.45, 2.75) is 32.1 Å². The Balaban J connectivity index is 2.67. The van der Waals surface area contributed by atoms with Crippen molar-refractivity contribution in [1.82, 2.24) is 0 Å². The molecule has 0 saturated heterocycles. The van der Waals surface area contributed by atoms with Crippen LogP contribution in [0.2, 0.25) is 0 Å². The standard InChI is InChI=1S/C14H14N4O/c15-6-10(7-16)4-12-2-1-3-13(14(12)19)5-11(8-17)9-18/h10-13H,1-5H2/t12-,13+. The molecule has 0 aromatic rings. The van der Waals surface area contributed by atoms with Gasteiger partial charge in [0, 0.05) is 11.8 Å². The molecule has 0 spiro atoms. The number of ketones is 1. The maximum absolute atomic E-state index is 12.2. The van der Waals surface area contributed by atoms with Crippen LogP contribution in [0.5, 0.6) is 0 Å². The van der Waals surface area contributed by atoms with Crippen LogP contribution < -0.4 is 0 Å². The van der Waals surface area contributed by atoms with Crippen LogP contribution in [0.3, 0.4) is 0 Å². The highest BCUT2D eigenvalue weighted by Crippen LogP contribution is 2.33. The van der Waals surface area contributed by atoms with Crippen molar-refractivity contribution < 1.29 is 4.79 Å². The van der Waals surface area contributed by atoms with Gasteiger partial charge in [-0.2, -0.15) is 21.0 Å².